The van der Waals surface area contributed by atoms with E-state index >= 15 is 0 Å². The molecule has 0 fully saturated rings. The highest BCUT2D eigenvalue weighted by Crippen LogP contribution is 2.08. The molecule has 0 spiro atoms. The molecule has 0 aliphatic rings. The zero-order valence-electron chi connectivity index (χ0n) is 10.2. The van der Waals surface area contributed by atoms with Crippen LogP contribution in [0.5, 0.6) is 5.75 Å². The first-order valence-electron chi connectivity index (χ1n) is 5.65. The maximum atomic E-state index is 10.8. The van der Waals surface area contributed by atoms with Gasteiger partial charge in [0.2, 0.25) is 9.05 Å². The standard InChI is InChI=1S/C12H17ClO4S/c1-11(10-18(13,14)15)9-16-7-8-17-12-5-3-2-4-6-12/h2-6,11H,7-10H2,1H3. The van der Waals surface area contributed by atoms with Gasteiger partial charge >= 0.3 is 0 Å². The molecular formula is C12H17ClO4S. The fourth-order valence-corrected chi connectivity index (χ4v) is 2.83. The highest BCUT2D eigenvalue weighted by molar-refractivity contribution is 8.13. The molecule has 0 aliphatic carbocycles. The second kappa shape index (κ2) is 7.61. The molecule has 18 heavy (non-hydrogen) atoms. The van der Waals surface area contributed by atoms with Gasteiger partial charge in [-0.3, -0.25) is 0 Å². The average molecular weight is 293 g/mol. The summed E-state index contributed by atoms with van der Waals surface area (Å²) in [4.78, 5) is 0. The van der Waals surface area contributed by atoms with Crippen LogP contribution < -0.4 is 4.74 Å². The molecule has 0 N–H and O–H groups in total. The second-order valence-corrected chi connectivity index (χ2v) is 6.87. The van der Waals surface area contributed by atoms with E-state index in [2.05, 4.69) is 0 Å². The van der Waals surface area contributed by atoms with Crippen molar-refractivity contribution in [2.24, 2.45) is 5.92 Å². The predicted octanol–water partition coefficient (Wildman–Crippen LogP) is 2.29. The quantitative estimate of drug-likeness (QED) is 0.545. The lowest BCUT2D eigenvalue weighted by molar-refractivity contribution is 0.0825. The van der Waals surface area contributed by atoms with Gasteiger partial charge < -0.3 is 9.47 Å². The summed E-state index contributed by atoms with van der Waals surface area (Å²) in [6.07, 6.45) is 0. The Morgan fingerprint density at radius 1 is 1.22 bits per heavy atom. The van der Waals surface area contributed by atoms with Gasteiger partial charge in [-0.15, -0.1) is 0 Å². The van der Waals surface area contributed by atoms with Crippen molar-refractivity contribution in [1.82, 2.24) is 0 Å². The minimum atomic E-state index is -3.45. The van der Waals surface area contributed by atoms with E-state index in [1.54, 1.807) is 6.92 Å². The van der Waals surface area contributed by atoms with Gasteiger partial charge in [0.05, 0.1) is 19.0 Å². The van der Waals surface area contributed by atoms with Crippen LogP contribution in [0, 0.1) is 5.92 Å². The van der Waals surface area contributed by atoms with Gasteiger partial charge in [-0.1, -0.05) is 25.1 Å². The summed E-state index contributed by atoms with van der Waals surface area (Å²) in [5, 5.41) is 0. The molecule has 0 aromatic heterocycles. The van der Waals surface area contributed by atoms with Crippen molar-refractivity contribution in [2.75, 3.05) is 25.6 Å². The summed E-state index contributed by atoms with van der Waals surface area (Å²) in [6, 6.07) is 9.43. The van der Waals surface area contributed by atoms with Gasteiger partial charge in [-0.05, 0) is 18.1 Å². The van der Waals surface area contributed by atoms with Crippen LogP contribution in [0.4, 0.5) is 0 Å². The van der Waals surface area contributed by atoms with E-state index in [-0.39, 0.29) is 11.7 Å². The summed E-state index contributed by atoms with van der Waals surface area (Å²) in [5.74, 6) is 0.593. The van der Waals surface area contributed by atoms with Gasteiger partial charge in [-0.25, -0.2) is 8.42 Å². The summed E-state index contributed by atoms with van der Waals surface area (Å²) in [7, 11) is 1.69. The van der Waals surface area contributed by atoms with E-state index in [4.69, 9.17) is 20.2 Å². The number of ether oxygens (including phenoxy) is 2. The number of hydrogen-bond donors (Lipinski definition) is 0. The molecular weight excluding hydrogens is 276 g/mol. The molecule has 0 bridgehead atoms. The molecule has 0 saturated heterocycles. The van der Waals surface area contributed by atoms with E-state index in [1.165, 1.54) is 0 Å². The molecule has 102 valence electrons. The number of hydrogen-bond acceptors (Lipinski definition) is 4. The molecule has 1 atom stereocenters. The largest absolute Gasteiger partial charge is 0.491 e. The molecule has 0 amide bonds. The van der Waals surface area contributed by atoms with Gasteiger partial charge in [0, 0.05) is 10.7 Å². The topological polar surface area (TPSA) is 52.6 Å². The Morgan fingerprint density at radius 2 is 1.89 bits per heavy atom. The maximum Gasteiger partial charge on any atom is 0.232 e. The molecule has 4 nitrogen and oxygen atoms in total. The van der Waals surface area contributed by atoms with Crippen molar-refractivity contribution in [3.8, 4) is 5.75 Å². The third-order valence-electron chi connectivity index (χ3n) is 2.13. The minimum Gasteiger partial charge on any atom is -0.491 e. The Labute approximate surface area is 112 Å². The molecule has 6 heteroatoms. The molecule has 0 radical (unpaired) electrons. The number of halogens is 1. The Kier molecular flexibility index (Phi) is 6.46. The summed E-state index contributed by atoms with van der Waals surface area (Å²) < 4.78 is 32.3. The Morgan fingerprint density at radius 3 is 2.50 bits per heavy atom. The van der Waals surface area contributed by atoms with Crippen LogP contribution in [0.1, 0.15) is 6.92 Å². The van der Waals surface area contributed by atoms with Crippen LogP contribution in [0.3, 0.4) is 0 Å². The molecule has 1 unspecified atom stereocenters. The van der Waals surface area contributed by atoms with Gasteiger partial charge in [-0.2, -0.15) is 0 Å². The lowest BCUT2D eigenvalue weighted by atomic mass is 10.2. The smallest absolute Gasteiger partial charge is 0.232 e. The average Bonchev–Trinajstić information content (AvgIpc) is 2.27. The van der Waals surface area contributed by atoms with Crippen molar-refractivity contribution in [1.29, 1.82) is 0 Å². The molecule has 0 heterocycles. The molecule has 1 aromatic rings. The lowest BCUT2D eigenvalue weighted by Crippen LogP contribution is -2.17. The SMILES string of the molecule is CC(COCCOc1ccccc1)CS(=O)(=O)Cl. The van der Waals surface area contributed by atoms with Crippen molar-refractivity contribution >= 4 is 19.7 Å². The van der Waals surface area contributed by atoms with E-state index in [9.17, 15) is 8.42 Å². The van der Waals surface area contributed by atoms with Crippen molar-refractivity contribution in [2.45, 2.75) is 6.92 Å². The first-order chi connectivity index (χ1) is 8.47. The van der Waals surface area contributed by atoms with Gasteiger partial charge in [0.15, 0.2) is 0 Å². The lowest BCUT2D eigenvalue weighted by Gasteiger charge is -2.10. The monoisotopic (exact) mass is 292 g/mol. The van der Waals surface area contributed by atoms with Crippen LogP contribution in [0.25, 0.3) is 0 Å². The highest BCUT2D eigenvalue weighted by atomic mass is 35.7. The van der Waals surface area contributed by atoms with E-state index in [0.717, 1.165) is 5.75 Å². The number of rotatable bonds is 8. The van der Waals surface area contributed by atoms with Crippen molar-refractivity contribution in [3.05, 3.63) is 30.3 Å². The van der Waals surface area contributed by atoms with Crippen LogP contribution in [-0.2, 0) is 13.8 Å². The van der Waals surface area contributed by atoms with E-state index in [1.807, 2.05) is 30.3 Å². The number of para-hydroxylation sites is 1. The summed E-state index contributed by atoms with van der Waals surface area (Å²) >= 11 is 0. The van der Waals surface area contributed by atoms with Crippen LogP contribution in [0.2, 0.25) is 0 Å². The van der Waals surface area contributed by atoms with E-state index < -0.39 is 9.05 Å². The summed E-state index contributed by atoms with van der Waals surface area (Å²) in [6.45, 7) is 2.98. The first kappa shape index (κ1) is 15.3. The molecule has 0 saturated carbocycles. The fourth-order valence-electron chi connectivity index (χ4n) is 1.41. The minimum absolute atomic E-state index is 0.0753. The first-order valence-corrected chi connectivity index (χ1v) is 8.13. The van der Waals surface area contributed by atoms with Crippen LogP contribution >= 0.6 is 10.7 Å². The zero-order chi connectivity index (χ0) is 13.4. The fraction of sp³-hybridized carbons (Fsp3) is 0.500. The third kappa shape index (κ3) is 7.53. The predicted molar refractivity (Wildman–Crippen MR) is 71.6 cm³/mol. The Balaban J connectivity index is 2.09. The Bertz CT molecular complexity index is 433. The zero-order valence-corrected chi connectivity index (χ0v) is 11.8. The van der Waals surface area contributed by atoms with Crippen LogP contribution in [0.15, 0.2) is 30.3 Å². The van der Waals surface area contributed by atoms with Gasteiger partial charge in [0.25, 0.3) is 0 Å². The second-order valence-electron chi connectivity index (χ2n) is 4.05. The molecule has 1 aromatic carbocycles. The van der Waals surface area contributed by atoms with Gasteiger partial charge in [0.1, 0.15) is 12.4 Å². The van der Waals surface area contributed by atoms with Crippen LogP contribution in [-0.4, -0.2) is 34.0 Å². The Hall–Kier alpha value is -0.780. The molecule has 1 rings (SSSR count). The maximum absolute atomic E-state index is 10.8. The third-order valence-corrected chi connectivity index (χ3v) is 3.47. The summed E-state index contributed by atoms with van der Waals surface area (Å²) in [5.41, 5.74) is 0. The normalized spacial score (nSPS) is 13.2. The highest BCUT2D eigenvalue weighted by Gasteiger charge is 2.12. The molecule has 0 aliphatic heterocycles. The number of benzene rings is 1. The van der Waals surface area contributed by atoms with Crippen molar-refractivity contribution in [3.63, 3.8) is 0 Å². The van der Waals surface area contributed by atoms with E-state index in [0.29, 0.717) is 19.8 Å². The van der Waals surface area contributed by atoms with Crippen molar-refractivity contribution < 1.29 is 17.9 Å².